The lowest BCUT2D eigenvalue weighted by atomic mass is 10.0. The highest BCUT2D eigenvalue weighted by Crippen LogP contribution is 2.22. The van der Waals surface area contributed by atoms with Crippen molar-refractivity contribution in [2.45, 2.75) is 70.8 Å². The molecule has 1 heterocycles. The number of piperidine rings is 1. The second kappa shape index (κ2) is 8.16. The summed E-state index contributed by atoms with van der Waals surface area (Å²) >= 11 is 0. The zero-order valence-corrected chi connectivity index (χ0v) is 12.3. The van der Waals surface area contributed by atoms with Gasteiger partial charge in [-0.25, -0.2) is 0 Å². The molecular formula is C16H32N2. The van der Waals surface area contributed by atoms with Gasteiger partial charge >= 0.3 is 0 Å². The maximum atomic E-state index is 3.74. The Balaban J connectivity index is 1.58. The molecule has 1 aliphatic heterocycles. The van der Waals surface area contributed by atoms with Gasteiger partial charge in [-0.2, -0.15) is 0 Å². The summed E-state index contributed by atoms with van der Waals surface area (Å²) in [5, 5.41) is 3.74. The van der Waals surface area contributed by atoms with Gasteiger partial charge < -0.3 is 5.32 Å². The Hall–Kier alpha value is -0.0800. The summed E-state index contributed by atoms with van der Waals surface area (Å²) in [5.41, 5.74) is 0. The van der Waals surface area contributed by atoms with Crippen molar-refractivity contribution in [2.24, 2.45) is 5.92 Å². The first-order valence-electron chi connectivity index (χ1n) is 8.31. The van der Waals surface area contributed by atoms with Crippen LogP contribution in [0, 0.1) is 5.92 Å². The Morgan fingerprint density at radius 1 is 0.944 bits per heavy atom. The zero-order valence-electron chi connectivity index (χ0n) is 12.3. The average Bonchev–Trinajstić information content (AvgIpc) is 2.68. The molecule has 0 bridgehead atoms. The van der Waals surface area contributed by atoms with E-state index in [1.807, 2.05) is 0 Å². The van der Waals surface area contributed by atoms with Crippen LogP contribution >= 0.6 is 0 Å². The zero-order chi connectivity index (χ0) is 12.6. The molecule has 0 amide bonds. The van der Waals surface area contributed by atoms with Crippen LogP contribution in [0.25, 0.3) is 0 Å². The molecule has 106 valence electrons. The largest absolute Gasteiger partial charge is 0.315 e. The Labute approximate surface area is 114 Å². The number of rotatable bonds is 5. The standard InChI is InChI=1S/C16H32N2/c1-15(18-11-7-4-8-12-18)13-17-14-16-9-5-2-3-6-10-16/h15-17H,2-14H2,1H3. The minimum absolute atomic E-state index is 0.732. The van der Waals surface area contributed by atoms with E-state index in [2.05, 4.69) is 17.1 Å². The van der Waals surface area contributed by atoms with Gasteiger partial charge in [0.25, 0.3) is 0 Å². The highest BCUT2D eigenvalue weighted by atomic mass is 15.2. The van der Waals surface area contributed by atoms with E-state index in [0.29, 0.717) is 0 Å². The monoisotopic (exact) mass is 252 g/mol. The molecule has 1 aliphatic carbocycles. The first kappa shape index (κ1) is 14.3. The summed E-state index contributed by atoms with van der Waals surface area (Å²) in [5.74, 6) is 0.959. The maximum absolute atomic E-state index is 3.74. The Morgan fingerprint density at radius 3 is 2.22 bits per heavy atom. The smallest absolute Gasteiger partial charge is 0.0192 e. The number of likely N-dealkylation sites (tertiary alicyclic amines) is 1. The van der Waals surface area contributed by atoms with Crippen molar-refractivity contribution in [3.05, 3.63) is 0 Å². The first-order chi connectivity index (χ1) is 8.86. The van der Waals surface area contributed by atoms with Gasteiger partial charge in [0.15, 0.2) is 0 Å². The normalized spacial score (nSPS) is 25.8. The van der Waals surface area contributed by atoms with Crippen molar-refractivity contribution in [1.82, 2.24) is 10.2 Å². The van der Waals surface area contributed by atoms with Gasteiger partial charge in [0.2, 0.25) is 0 Å². The van der Waals surface area contributed by atoms with Gasteiger partial charge in [-0.1, -0.05) is 32.1 Å². The molecule has 2 aliphatic rings. The molecule has 0 aromatic heterocycles. The summed E-state index contributed by atoms with van der Waals surface area (Å²) in [7, 11) is 0. The quantitative estimate of drug-likeness (QED) is 0.754. The predicted molar refractivity (Wildman–Crippen MR) is 78.9 cm³/mol. The first-order valence-corrected chi connectivity index (χ1v) is 8.31. The van der Waals surface area contributed by atoms with Crippen molar-refractivity contribution in [2.75, 3.05) is 26.2 Å². The van der Waals surface area contributed by atoms with Crippen LogP contribution in [0.3, 0.4) is 0 Å². The maximum Gasteiger partial charge on any atom is 0.0192 e. The lowest BCUT2D eigenvalue weighted by molar-refractivity contribution is 0.169. The Kier molecular flexibility index (Phi) is 6.50. The van der Waals surface area contributed by atoms with Crippen LogP contribution < -0.4 is 5.32 Å². The third-order valence-corrected chi connectivity index (χ3v) is 4.86. The summed E-state index contributed by atoms with van der Waals surface area (Å²) in [6.07, 6.45) is 13.1. The summed E-state index contributed by atoms with van der Waals surface area (Å²) < 4.78 is 0. The van der Waals surface area contributed by atoms with E-state index in [1.54, 1.807) is 0 Å². The van der Waals surface area contributed by atoms with Gasteiger partial charge in [-0.05, 0) is 58.2 Å². The van der Waals surface area contributed by atoms with Gasteiger partial charge in [0, 0.05) is 12.6 Å². The summed E-state index contributed by atoms with van der Waals surface area (Å²) in [4.78, 5) is 2.67. The number of hydrogen-bond acceptors (Lipinski definition) is 2. The van der Waals surface area contributed by atoms with Gasteiger partial charge in [0.1, 0.15) is 0 Å². The lowest BCUT2D eigenvalue weighted by Crippen LogP contribution is -2.43. The third-order valence-electron chi connectivity index (χ3n) is 4.86. The molecule has 1 saturated heterocycles. The topological polar surface area (TPSA) is 15.3 Å². The predicted octanol–water partition coefficient (Wildman–Crippen LogP) is 3.42. The molecule has 0 aromatic rings. The fraction of sp³-hybridized carbons (Fsp3) is 1.00. The van der Waals surface area contributed by atoms with E-state index in [4.69, 9.17) is 0 Å². The summed E-state index contributed by atoms with van der Waals surface area (Å²) in [6.45, 7) is 7.50. The highest BCUT2D eigenvalue weighted by Gasteiger charge is 2.17. The molecule has 0 aromatic carbocycles. The number of hydrogen-bond donors (Lipinski definition) is 1. The van der Waals surface area contributed by atoms with Crippen LogP contribution in [-0.4, -0.2) is 37.1 Å². The number of nitrogens with one attached hydrogen (secondary N) is 1. The van der Waals surface area contributed by atoms with Crippen LogP contribution in [0.1, 0.15) is 64.7 Å². The molecule has 2 fully saturated rings. The molecule has 2 heteroatoms. The molecule has 2 rings (SSSR count). The van der Waals surface area contributed by atoms with Crippen molar-refractivity contribution >= 4 is 0 Å². The highest BCUT2D eigenvalue weighted by molar-refractivity contribution is 4.74. The number of nitrogens with zero attached hydrogens (tertiary/aromatic N) is 1. The molecule has 0 radical (unpaired) electrons. The Bertz CT molecular complexity index is 203. The van der Waals surface area contributed by atoms with Crippen LogP contribution in [0.2, 0.25) is 0 Å². The van der Waals surface area contributed by atoms with E-state index >= 15 is 0 Å². The Morgan fingerprint density at radius 2 is 1.56 bits per heavy atom. The average molecular weight is 252 g/mol. The van der Waals surface area contributed by atoms with Gasteiger partial charge in [-0.3, -0.25) is 4.90 Å². The summed E-state index contributed by atoms with van der Waals surface area (Å²) in [6, 6.07) is 0.732. The van der Waals surface area contributed by atoms with Gasteiger partial charge in [-0.15, -0.1) is 0 Å². The van der Waals surface area contributed by atoms with E-state index < -0.39 is 0 Å². The van der Waals surface area contributed by atoms with Crippen molar-refractivity contribution in [3.8, 4) is 0 Å². The second-order valence-electron chi connectivity index (χ2n) is 6.46. The van der Waals surface area contributed by atoms with E-state index in [9.17, 15) is 0 Å². The SMILES string of the molecule is CC(CNCC1CCCCCC1)N1CCCCC1. The molecular weight excluding hydrogens is 220 g/mol. The van der Waals surface area contributed by atoms with Crippen molar-refractivity contribution < 1.29 is 0 Å². The van der Waals surface area contributed by atoms with Crippen molar-refractivity contribution in [1.29, 1.82) is 0 Å². The van der Waals surface area contributed by atoms with E-state index in [1.165, 1.54) is 84.0 Å². The van der Waals surface area contributed by atoms with Gasteiger partial charge in [0.05, 0.1) is 0 Å². The minimum Gasteiger partial charge on any atom is -0.315 e. The van der Waals surface area contributed by atoms with Crippen LogP contribution in [0.5, 0.6) is 0 Å². The fourth-order valence-corrected chi connectivity index (χ4v) is 3.55. The third kappa shape index (κ3) is 4.89. The molecule has 0 spiro atoms. The lowest BCUT2D eigenvalue weighted by Gasteiger charge is -2.32. The van der Waals surface area contributed by atoms with Crippen LogP contribution in [-0.2, 0) is 0 Å². The van der Waals surface area contributed by atoms with Crippen LogP contribution in [0.4, 0.5) is 0 Å². The fourth-order valence-electron chi connectivity index (χ4n) is 3.55. The molecule has 2 nitrogen and oxygen atoms in total. The minimum atomic E-state index is 0.732. The molecule has 1 saturated carbocycles. The molecule has 18 heavy (non-hydrogen) atoms. The molecule has 1 atom stereocenters. The van der Waals surface area contributed by atoms with Crippen LogP contribution in [0.15, 0.2) is 0 Å². The molecule has 1 unspecified atom stereocenters. The molecule has 1 N–H and O–H groups in total. The second-order valence-corrected chi connectivity index (χ2v) is 6.46. The van der Waals surface area contributed by atoms with Crippen molar-refractivity contribution in [3.63, 3.8) is 0 Å². The van der Waals surface area contributed by atoms with E-state index in [-0.39, 0.29) is 0 Å². The van der Waals surface area contributed by atoms with E-state index in [0.717, 1.165) is 12.0 Å².